The van der Waals surface area contributed by atoms with Gasteiger partial charge in [0.25, 0.3) is 0 Å². The van der Waals surface area contributed by atoms with Crippen LogP contribution >= 0.6 is 0 Å². The minimum Gasteiger partial charge on any atom is -0.481 e. The first-order valence-corrected chi connectivity index (χ1v) is 9.45. The predicted octanol–water partition coefficient (Wildman–Crippen LogP) is 1.65. The number of unbranched alkanes of at least 4 members (excludes halogenated alkanes) is 1. The SMILES string of the molecule is CCCCON(C=O)[C@@H](CCC(=O)O)NS(=O)(=O)c1ccc(C)cc1. The van der Waals surface area contributed by atoms with E-state index in [1.165, 1.54) is 12.1 Å². The van der Waals surface area contributed by atoms with Gasteiger partial charge in [0.15, 0.2) is 0 Å². The summed E-state index contributed by atoms with van der Waals surface area (Å²) < 4.78 is 27.3. The lowest BCUT2D eigenvalue weighted by atomic mass is 10.2. The van der Waals surface area contributed by atoms with Crippen LogP contribution in [0.3, 0.4) is 0 Å². The third kappa shape index (κ3) is 7.20. The maximum absolute atomic E-state index is 12.5. The molecule has 0 aliphatic rings. The van der Waals surface area contributed by atoms with Gasteiger partial charge >= 0.3 is 5.97 Å². The molecule has 1 aromatic carbocycles. The molecule has 0 saturated carbocycles. The zero-order valence-electron chi connectivity index (χ0n) is 14.3. The van der Waals surface area contributed by atoms with E-state index in [-0.39, 0.29) is 24.3 Å². The van der Waals surface area contributed by atoms with Crippen LogP contribution in [0.15, 0.2) is 29.2 Å². The van der Waals surface area contributed by atoms with Gasteiger partial charge in [-0.05, 0) is 31.9 Å². The lowest BCUT2D eigenvalue weighted by Crippen LogP contribution is -2.47. The molecule has 25 heavy (non-hydrogen) atoms. The Bertz CT molecular complexity index is 660. The standard InChI is InChI=1S/C16H24N2O6S/c1-3-4-11-24-18(12-19)15(9-10-16(20)21)17-25(22,23)14-7-5-13(2)6-8-14/h5-8,12,15,17H,3-4,9-11H2,1-2H3,(H,20,21)/t15-/m0/s1. The van der Waals surface area contributed by atoms with Crippen molar-refractivity contribution in [3.05, 3.63) is 29.8 Å². The van der Waals surface area contributed by atoms with Crippen molar-refractivity contribution in [3.63, 3.8) is 0 Å². The first kappa shape index (κ1) is 21.1. The number of aliphatic carboxylic acids is 1. The molecular weight excluding hydrogens is 348 g/mol. The maximum Gasteiger partial charge on any atom is 0.303 e. The van der Waals surface area contributed by atoms with E-state index in [2.05, 4.69) is 4.72 Å². The van der Waals surface area contributed by atoms with Crippen LogP contribution in [-0.4, -0.2) is 43.7 Å². The molecule has 0 bridgehead atoms. The van der Waals surface area contributed by atoms with Gasteiger partial charge in [-0.1, -0.05) is 31.0 Å². The van der Waals surface area contributed by atoms with Gasteiger partial charge in [-0.2, -0.15) is 4.72 Å². The summed E-state index contributed by atoms with van der Waals surface area (Å²) in [6.45, 7) is 4.00. The van der Waals surface area contributed by atoms with Crippen LogP contribution in [0.2, 0.25) is 0 Å². The molecule has 0 radical (unpaired) electrons. The molecule has 0 aromatic heterocycles. The zero-order valence-corrected chi connectivity index (χ0v) is 15.2. The molecule has 0 aliphatic carbocycles. The number of nitrogens with zero attached hydrogens (tertiary/aromatic N) is 1. The maximum atomic E-state index is 12.5. The number of hydrogen-bond acceptors (Lipinski definition) is 5. The van der Waals surface area contributed by atoms with Gasteiger partial charge in [0.2, 0.25) is 16.4 Å². The Hall–Kier alpha value is -1.97. The Labute approximate surface area is 147 Å². The number of carbonyl (C=O) groups is 2. The Morgan fingerprint density at radius 3 is 2.52 bits per heavy atom. The van der Waals surface area contributed by atoms with E-state index in [0.717, 1.165) is 17.0 Å². The van der Waals surface area contributed by atoms with E-state index < -0.39 is 22.2 Å². The van der Waals surface area contributed by atoms with Crippen LogP contribution in [-0.2, 0) is 24.4 Å². The van der Waals surface area contributed by atoms with Crippen LogP contribution in [0, 0.1) is 6.92 Å². The largest absolute Gasteiger partial charge is 0.481 e. The molecule has 1 atom stereocenters. The summed E-state index contributed by atoms with van der Waals surface area (Å²) in [7, 11) is -3.93. The van der Waals surface area contributed by atoms with Crippen LogP contribution in [0.4, 0.5) is 0 Å². The van der Waals surface area contributed by atoms with Gasteiger partial charge in [-0.25, -0.2) is 13.5 Å². The Kier molecular flexibility index (Phi) is 8.53. The number of aryl methyl sites for hydroxylation is 1. The second-order valence-electron chi connectivity index (χ2n) is 5.53. The number of rotatable bonds is 12. The highest BCUT2D eigenvalue weighted by atomic mass is 32.2. The molecule has 0 unspecified atom stereocenters. The van der Waals surface area contributed by atoms with Gasteiger partial charge in [0, 0.05) is 6.42 Å². The molecule has 140 valence electrons. The third-order valence-electron chi connectivity index (χ3n) is 3.40. The quantitative estimate of drug-likeness (QED) is 0.250. The van der Waals surface area contributed by atoms with E-state index in [1.54, 1.807) is 12.1 Å². The highest BCUT2D eigenvalue weighted by Crippen LogP contribution is 2.13. The van der Waals surface area contributed by atoms with Crippen molar-refractivity contribution in [2.75, 3.05) is 6.61 Å². The molecular formula is C16H24N2O6S. The van der Waals surface area contributed by atoms with E-state index in [9.17, 15) is 18.0 Å². The topological polar surface area (TPSA) is 113 Å². The molecule has 0 saturated heterocycles. The van der Waals surface area contributed by atoms with Gasteiger partial charge < -0.3 is 5.11 Å². The second-order valence-corrected chi connectivity index (χ2v) is 7.25. The average Bonchev–Trinajstić information content (AvgIpc) is 2.56. The molecule has 0 fully saturated rings. The van der Waals surface area contributed by atoms with Crippen LogP contribution < -0.4 is 4.72 Å². The summed E-state index contributed by atoms with van der Waals surface area (Å²) in [5, 5.41) is 9.68. The molecule has 1 rings (SSSR count). The molecule has 0 spiro atoms. The summed E-state index contributed by atoms with van der Waals surface area (Å²) in [4.78, 5) is 27.4. The molecule has 0 heterocycles. The number of amides is 1. The molecule has 1 amide bonds. The van der Waals surface area contributed by atoms with Crippen molar-refractivity contribution < 1.29 is 28.0 Å². The molecule has 0 aliphatic heterocycles. The first-order valence-electron chi connectivity index (χ1n) is 7.97. The van der Waals surface area contributed by atoms with Crippen LogP contribution in [0.5, 0.6) is 0 Å². The normalized spacial score (nSPS) is 12.6. The van der Waals surface area contributed by atoms with Crippen molar-refractivity contribution >= 4 is 22.4 Å². The number of carbonyl (C=O) groups excluding carboxylic acids is 1. The number of carboxylic acid groups (broad SMARTS) is 1. The number of hydrogen-bond donors (Lipinski definition) is 2. The molecule has 1 aromatic rings. The van der Waals surface area contributed by atoms with Crippen molar-refractivity contribution in [3.8, 4) is 0 Å². The fraction of sp³-hybridized carbons (Fsp3) is 0.500. The van der Waals surface area contributed by atoms with E-state index in [4.69, 9.17) is 9.94 Å². The Morgan fingerprint density at radius 2 is 2.00 bits per heavy atom. The summed E-state index contributed by atoms with van der Waals surface area (Å²) in [6, 6.07) is 6.18. The van der Waals surface area contributed by atoms with Crippen LogP contribution in [0.1, 0.15) is 38.2 Å². The minimum atomic E-state index is -3.93. The molecule has 8 nitrogen and oxygen atoms in total. The fourth-order valence-electron chi connectivity index (χ4n) is 1.97. The summed E-state index contributed by atoms with van der Waals surface area (Å²) in [5.41, 5.74) is 0.902. The third-order valence-corrected chi connectivity index (χ3v) is 4.88. The Morgan fingerprint density at radius 1 is 1.36 bits per heavy atom. The van der Waals surface area contributed by atoms with Crippen molar-refractivity contribution in [2.24, 2.45) is 0 Å². The van der Waals surface area contributed by atoms with Gasteiger partial charge in [0.05, 0.1) is 11.5 Å². The van der Waals surface area contributed by atoms with Gasteiger partial charge in [-0.15, -0.1) is 0 Å². The van der Waals surface area contributed by atoms with E-state index >= 15 is 0 Å². The van der Waals surface area contributed by atoms with Crippen molar-refractivity contribution in [1.82, 2.24) is 9.79 Å². The minimum absolute atomic E-state index is 0.0258. The fourth-order valence-corrected chi connectivity index (χ4v) is 3.18. The summed E-state index contributed by atoms with van der Waals surface area (Å²) in [6.07, 6.45) is 0.312. The van der Waals surface area contributed by atoms with Gasteiger partial charge in [0.1, 0.15) is 6.17 Å². The monoisotopic (exact) mass is 372 g/mol. The molecule has 9 heteroatoms. The highest BCUT2D eigenvalue weighted by Gasteiger charge is 2.26. The van der Waals surface area contributed by atoms with Crippen LogP contribution in [0.25, 0.3) is 0 Å². The first-order chi connectivity index (χ1) is 11.8. The van der Waals surface area contributed by atoms with E-state index in [0.29, 0.717) is 12.8 Å². The number of carboxylic acids is 1. The number of nitrogens with one attached hydrogen (secondary N) is 1. The molecule has 2 N–H and O–H groups in total. The average molecular weight is 372 g/mol. The van der Waals surface area contributed by atoms with Crippen molar-refractivity contribution in [2.45, 2.75) is 50.6 Å². The smallest absolute Gasteiger partial charge is 0.303 e. The summed E-state index contributed by atoms with van der Waals surface area (Å²) in [5.74, 6) is -1.10. The van der Waals surface area contributed by atoms with Crippen molar-refractivity contribution in [1.29, 1.82) is 0 Å². The Balaban J connectivity index is 2.95. The number of sulfonamides is 1. The van der Waals surface area contributed by atoms with E-state index in [1.807, 2.05) is 13.8 Å². The lowest BCUT2D eigenvalue weighted by molar-refractivity contribution is -0.190. The predicted molar refractivity (Wildman–Crippen MR) is 90.9 cm³/mol. The second kappa shape index (κ2) is 10.1. The number of hydroxylamine groups is 2. The summed E-state index contributed by atoms with van der Waals surface area (Å²) >= 11 is 0. The number of benzene rings is 1. The zero-order chi connectivity index (χ0) is 18.9. The lowest BCUT2D eigenvalue weighted by Gasteiger charge is -2.27. The highest BCUT2D eigenvalue weighted by molar-refractivity contribution is 7.89. The van der Waals surface area contributed by atoms with Gasteiger partial charge in [-0.3, -0.25) is 14.4 Å².